The molecule has 0 radical (unpaired) electrons. The Morgan fingerprint density at radius 1 is 1.15 bits per heavy atom. The van der Waals surface area contributed by atoms with Crippen molar-refractivity contribution in [2.75, 3.05) is 10.7 Å². The molecule has 1 heterocycles. The number of benzene rings is 2. The number of hydrogen-bond donors (Lipinski definition) is 3. The minimum atomic E-state index is -1.11. The topological polar surface area (TPSA) is 86.6 Å². The average molecular weight is 407 g/mol. The minimum Gasteiger partial charge on any atom is -0.478 e. The van der Waals surface area contributed by atoms with Crippen LogP contribution in [0.2, 0.25) is 10.2 Å². The van der Waals surface area contributed by atoms with Crippen LogP contribution in [0.25, 0.3) is 0 Å². The highest BCUT2D eigenvalue weighted by Gasteiger charge is 2.10. The molecule has 9 heteroatoms. The number of halogens is 2. The number of aromatic carboxylic acids is 1. The molecule has 0 amide bonds. The second kappa shape index (κ2) is 8.18. The number of hydrogen-bond acceptors (Lipinski definition) is 6. The molecule has 1 aromatic heterocycles. The first-order valence-corrected chi connectivity index (χ1v) is 8.90. The fraction of sp³-hybridized carbons (Fsp3) is 0. The summed E-state index contributed by atoms with van der Waals surface area (Å²) in [5, 5.41) is 17.4. The summed E-state index contributed by atoms with van der Waals surface area (Å²) in [7, 11) is 0. The zero-order chi connectivity index (χ0) is 18.5. The predicted octanol–water partition coefficient (Wildman–Crippen LogP) is 5.34. The maximum absolute atomic E-state index is 11.1. The van der Waals surface area contributed by atoms with E-state index in [4.69, 9.17) is 28.3 Å². The largest absolute Gasteiger partial charge is 0.478 e. The van der Waals surface area contributed by atoms with E-state index in [-0.39, 0.29) is 10.6 Å². The maximum atomic E-state index is 11.1. The molecule has 132 valence electrons. The predicted molar refractivity (Wildman–Crippen MR) is 106 cm³/mol. The first-order chi connectivity index (χ1) is 12.5. The van der Waals surface area contributed by atoms with E-state index in [1.807, 2.05) is 30.3 Å². The number of carboxylic acid groups (broad SMARTS) is 1. The molecule has 0 bridgehead atoms. The maximum Gasteiger partial charge on any atom is 0.337 e. The van der Waals surface area contributed by atoms with Crippen LogP contribution in [0.15, 0.2) is 53.6 Å². The van der Waals surface area contributed by atoms with Crippen molar-refractivity contribution >= 4 is 63.2 Å². The van der Waals surface area contributed by atoms with Gasteiger partial charge in [0.1, 0.15) is 0 Å². The number of nitrogens with zero attached hydrogens (tertiary/aromatic N) is 2. The molecule has 0 fully saturated rings. The lowest BCUT2D eigenvalue weighted by molar-refractivity contribution is 0.0697. The lowest BCUT2D eigenvalue weighted by Gasteiger charge is -2.03. The molecule has 0 unspecified atom stereocenters. The number of hydrazone groups is 1. The number of thiazole rings is 1. The van der Waals surface area contributed by atoms with Crippen molar-refractivity contribution in [3.05, 3.63) is 69.1 Å². The van der Waals surface area contributed by atoms with Crippen LogP contribution in [0.5, 0.6) is 0 Å². The van der Waals surface area contributed by atoms with Crippen LogP contribution in [0.4, 0.5) is 16.5 Å². The molecule has 0 atom stereocenters. The zero-order valence-corrected chi connectivity index (χ0v) is 15.4. The Bertz CT molecular complexity index is 961. The van der Waals surface area contributed by atoms with Gasteiger partial charge in [0, 0.05) is 5.69 Å². The Kier molecular flexibility index (Phi) is 5.72. The molecule has 0 aliphatic heterocycles. The fourth-order valence-corrected chi connectivity index (χ4v) is 3.26. The number of rotatable bonds is 6. The molecular formula is C17H12Cl2N4O2S. The Morgan fingerprint density at radius 2 is 1.92 bits per heavy atom. The third kappa shape index (κ3) is 4.51. The van der Waals surface area contributed by atoms with Gasteiger partial charge in [0.2, 0.25) is 0 Å². The molecule has 0 aliphatic rings. The van der Waals surface area contributed by atoms with Crippen molar-refractivity contribution in [2.45, 2.75) is 0 Å². The smallest absolute Gasteiger partial charge is 0.337 e. The third-order valence-corrected chi connectivity index (χ3v) is 4.84. The summed E-state index contributed by atoms with van der Waals surface area (Å²) in [6.07, 6.45) is 1.52. The summed E-state index contributed by atoms with van der Waals surface area (Å²) in [5.41, 5.74) is 4.14. The van der Waals surface area contributed by atoms with Gasteiger partial charge >= 0.3 is 5.97 Å². The highest BCUT2D eigenvalue weighted by atomic mass is 35.5. The molecule has 2 aromatic carbocycles. The molecule has 3 rings (SSSR count). The van der Waals surface area contributed by atoms with Crippen molar-refractivity contribution in [3.63, 3.8) is 0 Å². The standard InChI is InChI=1S/C17H12Cl2N4O2S/c18-13-7-6-11(8-12(13)16(24)25)23-20-9-14-15(19)22-17(26-14)21-10-4-2-1-3-5-10/h1-9,23H,(H,21,22)(H,24,25)/b20-9+. The van der Waals surface area contributed by atoms with E-state index in [1.54, 1.807) is 6.07 Å². The molecule has 3 aromatic rings. The molecular weight excluding hydrogens is 395 g/mol. The summed E-state index contributed by atoms with van der Waals surface area (Å²) in [6.45, 7) is 0. The zero-order valence-electron chi connectivity index (χ0n) is 13.1. The summed E-state index contributed by atoms with van der Waals surface area (Å²) in [5.74, 6) is -1.11. The molecule has 6 nitrogen and oxygen atoms in total. The Balaban J connectivity index is 1.69. The number of para-hydroxylation sites is 1. The van der Waals surface area contributed by atoms with Crippen LogP contribution < -0.4 is 10.7 Å². The number of anilines is 3. The van der Waals surface area contributed by atoms with Gasteiger partial charge in [0.15, 0.2) is 10.3 Å². The highest BCUT2D eigenvalue weighted by Crippen LogP contribution is 2.28. The molecule has 26 heavy (non-hydrogen) atoms. The van der Waals surface area contributed by atoms with Gasteiger partial charge in [-0.2, -0.15) is 5.10 Å². The van der Waals surface area contributed by atoms with Crippen LogP contribution in [-0.2, 0) is 0 Å². The van der Waals surface area contributed by atoms with Gasteiger partial charge in [-0.15, -0.1) is 0 Å². The van der Waals surface area contributed by atoms with Crippen molar-refractivity contribution in [1.29, 1.82) is 0 Å². The average Bonchev–Trinajstić information content (AvgIpc) is 2.96. The number of carbonyl (C=O) groups is 1. The van der Waals surface area contributed by atoms with Crippen molar-refractivity contribution in [1.82, 2.24) is 4.98 Å². The van der Waals surface area contributed by atoms with E-state index < -0.39 is 5.97 Å². The quantitative estimate of drug-likeness (QED) is 0.379. The summed E-state index contributed by atoms with van der Waals surface area (Å²) < 4.78 is 0. The van der Waals surface area contributed by atoms with Gasteiger partial charge in [-0.1, -0.05) is 52.7 Å². The van der Waals surface area contributed by atoms with E-state index >= 15 is 0 Å². The Hall–Kier alpha value is -2.61. The van der Waals surface area contributed by atoms with Gasteiger partial charge in [0.05, 0.1) is 27.4 Å². The van der Waals surface area contributed by atoms with Crippen LogP contribution in [0.3, 0.4) is 0 Å². The molecule has 0 aliphatic carbocycles. The Labute approximate surface area is 163 Å². The molecule has 3 N–H and O–H groups in total. The van der Waals surface area contributed by atoms with Crippen LogP contribution in [-0.4, -0.2) is 22.3 Å². The molecule has 0 saturated heterocycles. The van der Waals surface area contributed by atoms with Gasteiger partial charge in [-0.05, 0) is 30.3 Å². The summed E-state index contributed by atoms with van der Waals surface area (Å²) >= 11 is 13.3. The first kappa shape index (κ1) is 18.2. The molecule has 0 spiro atoms. The monoisotopic (exact) mass is 406 g/mol. The van der Waals surface area contributed by atoms with Crippen LogP contribution >= 0.6 is 34.5 Å². The van der Waals surface area contributed by atoms with Crippen LogP contribution in [0, 0.1) is 0 Å². The summed E-state index contributed by atoms with van der Waals surface area (Å²) in [4.78, 5) is 16.0. The minimum absolute atomic E-state index is 0.00274. The fourth-order valence-electron chi connectivity index (χ4n) is 2.02. The van der Waals surface area contributed by atoms with Crippen LogP contribution in [0.1, 0.15) is 15.2 Å². The normalized spacial score (nSPS) is 10.8. The second-order valence-electron chi connectivity index (χ2n) is 5.03. The van der Waals surface area contributed by atoms with E-state index in [2.05, 4.69) is 20.8 Å². The van der Waals surface area contributed by atoms with Gasteiger partial charge in [-0.25, -0.2) is 9.78 Å². The first-order valence-electron chi connectivity index (χ1n) is 7.33. The van der Waals surface area contributed by atoms with Gasteiger partial charge in [-0.3, -0.25) is 5.43 Å². The molecule has 0 saturated carbocycles. The van der Waals surface area contributed by atoms with E-state index in [9.17, 15) is 4.79 Å². The Morgan fingerprint density at radius 3 is 2.65 bits per heavy atom. The summed E-state index contributed by atoms with van der Waals surface area (Å²) in [6, 6.07) is 14.1. The van der Waals surface area contributed by atoms with E-state index in [1.165, 1.54) is 29.7 Å². The van der Waals surface area contributed by atoms with Gasteiger partial charge < -0.3 is 10.4 Å². The SMILES string of the molecule is O=C(O)c1cc(N/N=C/c2sc(Nc3ccccc3)nc2Cl)ccc1Cl. The van der Waals surface area contributed by atoms with Crippen molar-refractivity contribution in [3.8, 4) is 0 Å². The van der Waals surface area contributed by atoms with Gasteiger partial charge in [0.25, 0.3) is 0 Å². The second-order valence-corrected chi connectivity index (χ2v) is 6.83. The number of nitrogens with one attached hydrogen (secondary N) is 2. The van der Waals surface area contributed by atoms with Crippen molar-refractivity contribution in [2.24, 2.45) is 5.10 Å². The highest BCUT2D eigenvalue weighted by molar-refractivity contribution is 7.17. The van der Waals surface area contributed by atoms with E-state index in [0.717, 1.165) is 5.69 Å². The number of carboxylic acids is 1. The van der Waals surface area contributed by atoms with Crippen molar-refractivity contribution < 1.29 is 9.90 Å². The lowest BCUT2D eigenvalue weighted by atomic mass is 10.2. The number of aromatic nitrogens is 1. The van der Waals surface area contributed by atoms with E-state index in [0.29, 0.717) is 20.8 Å². The lowest BCUT2D eigenvalue weighted by Crippen LogP contribution is -1.99. The third-order valence-electron chi connectivity index (χ3n) is 3.21.